The van der Waals surface area contributed by atoms with Crippen molar-refractivity contribution in [1.82, 2.24) is 9.88 Å². The quantitative estimate of drug-likeness (QED) is 0.844. The zero-order valence-corrected chi connectivity index (χ0v) is 14.7. The number of morpholine rings is 1. The number of nitrogens with zero attached hydrogens (tertiary/aromatic N) is 4. The molecule has 0 radical (unpaired) electrons. The lowest BCUT2D eigenvalue weighted by Crippen LogP contribution is -2.49. The Hall–Kier alpha value is -2.16. The molecule has 0 spiro atoms. The molecular weight excluding hydrogens is 312 g/mol. The molecule has 2 aromatic rings. The van der Waals surface area contributed by atoms with Gasteiger partial charge in [-0.2, -0.15) is 5.26 Å². The Kier molecular flexibility index (Phi) is 4.56. The molecule has 3 heterocycles. The number of hydrogen-bond donors (Lipinski definition) is 0. The number of rotatable bonds is 2. The molecule has 25 heavy (non-hydrogen) atoms. The van der Waals surface area contributed by atoms with Gasteiger partial charge < -0.3 is 9.64 Å². The normalized spacial score (nSPS) is 19.9. The Morgan fingerprint density at radius 1 is 1.12 bits per heavy atom. The number of anilines is 1. The molecule has 130 valence electrons. The van der Waals surface area contributed by atoms with E-state index in [-0.39, 0.29) is 0 Å². The number of pyridine rings is 1. The first-order valence-corrected chi connectivity index (χ1v) is 9.14. The number of para-hydroxylation sites is 1. The second-order valence-electron chi connectivity index (χ2n) is 6.93. The van der Waals surface area contributed by atoms with Crippen LogP contribution in [-0.2, 0) is 4.74 Å². The first-order chi connectivity index (χ1) is 12.3. The average Bonchev–Trinajstić information content (AvgIpc) is 2.69. The van der Waals surface area contributed by atoms with Gasteiger partial charge in [-0.15, -0.1) is 0 Å². The van der Waals surface area contributed by atoms with Gasteiger partial charge in [0.1, 0.15) is 11.9 Å². The maximum absolute atomic E-state index is 9.71. The summed E-state index contributed by atoms with van der Waals surface area (Å²) in [7, 11) is 0. The second kappa shape index (κ2) is 6.99. The summed E-state index contributed by atoms with van der Waals surface area (Å²) in [5.41, 5.74) is 2.74. The smallest absolute Gasteiger partial charge is 0.147 e. The maximum Gasteiger partial charge on any atom is 0.147 e. The lowest BCUT2D eigenvalue weighted by atomic mass is 10.00. The van der Waals surface area contributed by atoms with Crippen LogP contribution in [0.2, 0.25) is 0 Å². The molecule has 0 atom stereocenters. The van der Waals surface area contributed by atoms with Gasteiger partial charge in [0.25, 0.3) is 0 Å². The van der Waals surface area contributed by atoms with Crippen LogP contribution in [0.25, 0.3) is 10.9 Å². The SMILES string of the molecule is Cc1c(C#N)c(N2CCC(N3CCOCC3)CC2)nc2ccccc12. The number of aryl methyl sites for hydroxylation is 1. The van der Waals surface area contributed by atoms with Crippen molar-refractivity contribution < 1.29 is 4.74 Å². The first kappa shape index (κ1) is 16.3. The fourth-order valence-electron chi connectivity index (χ4n) is 4.11. The van der Waals surface area contributed by atoms with E-state index in [2.05, 4.69) is 15.9 Å². The third-order valence-electron chi connectivity index (χ3n) is 5.57. The van der Waals surface area contributed by atoms with Crippen molar-refractivity contribution >= 4 is 16.7 Å². The number of hydrogen-bond acceptors (Lipinski definition) is 5. The molecule has 0 saturated carbocycles. The van der Waals surface area contributed by atoms with E-state index in [1.54, 1.807) is 0 Å². The predicted octanol–water partition coefficient (Wildman–Crippen LogP) is 2.72. The van der Waals surface area contributed by atoms with E-state index in [1.807, 2.05) is 31.2 Å². The van der Waals surface area contributed by atoms with Crippen molar-refractivity contribution in [3.05, 3.63) is 35.4 Å². The summed E-state index contributed by atoms with van der Waals surface area (Å²) in [6.07, 6.45) is 2.25. The minimum absolute atomic E-state index is 0.632. The van der Waals surface area contributed by atoms with Crippen LogP contribution < -0.4 is 4.90 Å². The molecule has 1 aromatic carbocycles. The summed E-state index contributed by atoms with van der Waals surface area (Å²) >= 11 is 0. The molecule has 0 bridgehead atoms. The van der Waals surface area contributed by atoms with Gasteiger partial charge >= 0.3 is 0 Å². The summed E-state index contributed by atoms with van der Waals surface area (Å²) in [6.45, 7) is 7.74. The molecule has 5 heteroatoms. The lowest BCUT2D eigenvalue weighted by Gasteiger charge is -2.40. The molecular formula is C20H24N4O. The summed E-state index contributed by atoms with van der Waals surface area (Å²) in [5, 5.41) is 10.8. The van der Waals surface area contributed by atoms with Crippen LogP contribution in [0, 0.1) is 18.3 Å². The Labute approximate surface area is 148 Å². The van der Waals surface area contributed by atoms with Gasteiger partial charge in [-0.05, 0) is 31.4 Å². The highest BCUT2D eigenvalue weighted by molar-refractivity contribution is 5.87. The lowest BCUT2D eigenvalue weighted by molar-refractivity contribution is 0.0115. The highest BCUT2D eigenvalue weighted by atomic mass is 16.5. The largest absolute Gasteiger partial charge is 0.379 e. The summed E-state index contributed by atoms with van der Waals surface area (Å²) in [6, 6.07) is 11.1. The molecule has 1 aromatic heterocycles. The van der Waals surface area contributed by atoms with E-state index < -0.39 is 0 Å². The van der Waals surface area contributed by atoms with Crippen LogP contribution in [-0.4, -0.2) is 55.3 Å². The molecule has 2 aliphatic heterocycles. The average molecular weight is 336 g/mol. The van der Waals surface area contributed by atoms with Crippen LogP contribution >= 0.6 is 0 Å². The number of ether oxygens (including phenoxy) is 1. The van der Waals surface area contributed by atoms with E-state index in [1.165, 1.54) is 0 Å². The maximum atomic E-state index is 9.71. The highest BCUT2D eigenvalue weighted by Crippen LogP contribution is 2.30. The molecule has 0 amide bonds. The molecule has 2 fully saturated rings. The Morgan fingerprint density at radius 2 is 1.84 bits per heavy atom. The van der Waals surface area contributed by atoms with Crippen molar-refractivity contribution in [2.24, 2.45) is 0 Å². The van der Waals surface area contributed by atoms with Gasteiger partial charge in [-0.1, -0.05) is 18.2 Å². The standard InChI is InChI=1S/C20H24N4O/c1-15-17-4-2-3-5-19(17)22-20(18(15)14-21)24-8-6-16(7-9-24)23-10-12-25-13-11-23/h2-5,16H,6-13H2,1H3. The zero-order valence-electron chi connectivity index (χ0n) is 14.7. The number of piperidine rings is 1. The first-order valence-electron chi connectivity index (χ1n) is 9.14. The highest BCUT2D eigenvalue weighted by Gasteiger charge is 2.28. The molecule has 0 unspecified atom stereocenters. The van der Waals surface area contributed by atoms with Gasteiger partial charge in [-0.3, -0.25) is 4.90 Å². The van der Waals surface area contributed by atoms with Crippen molar-refractivity contribution in [1.29, 1.82) is 5.26 Å². The van der Waals surface area contributed by atoms with Crippen LogP contribution in [0.15, 0.2) is 24.3 Å². The topological polar surface area (TPSA) is 52.4 Å². The van der Waals surface area contributed by atoms with Crippen LogP contribution in [0.4, 0.5) is 5.82 Å². The van der Waals surface area contributed by atoms with Gasteiger partial charge in [0.2, 0.25) is 0 Å². The predicted molar refractivity (Wildman–Crippen MR) is 98.8 cm³/mol. The minimum Gasteiger partial charge on any atom is -0.379 e. The summed E-state index contributed by atoms with van der Waals surface area (Å²) in [4.78, 5) is 9.70. The summed E-state index contributed by atoms with van der Waals surface area (Å²) < 4.78 is 5.47. The molecule has 2 aliphatic rings. The number of aromatic nitrogens is 1. The molecule has 0 aliphatic carbocycles. The third-order valence-corrected chi connectivity index (χ3v) is 5.57. The van der Waals surface area contributed by atoms with Crippen molar-refractivity contribution in [2.45, 2.75) is 25.8 Å². The van der Waals surface area contributed by atoms with E-state index in [9.17, 15) is 5.26 Å². The Balaban J connectivity index is 1.57. The van der Waals surface area contributed by atoms with E-state index in [4.69, 9.17) is 9.72 Å². The monoisotopic (exact) mass is 336 g/mol. The second-order valence-corrected chi connectivity index (χ2v) is 6.93. The number of fused-ring (bicyclic) bond motifs is 1. The van der Waals surface area contributed by atoms with Gasteiger partial charge in [-0.25, -0.2) is 4.98 Å². The molecule has 0 N–H and O–H groups in total. The third kappa shape index (κ3) is 3.08. The minimum atomic E-state index is 0.632. The van der Waals surface area contributed by atoms with Gasteiger partial charge in [0.05, 0.1) is 24.3 Å². The Morgan fingerprint density at radius 3 is 2.56 bits per heavy atom. The van der Waals surface area contributed by atoms with Crippen LogP contribution in [0.3, 0.4) is 0 Å². The fourth-order valence-corrected chi connectivity index (χ4v) is 4.11. The zero-order chi connectivity index (χ0) is 17.2. The molecule has 5 nitrogen and oxygen atoms in total. The van der Waals surface area contributed by atoms with Crippen LogP contribution in [0.1, 0.15) is 24.0 Å². The number of nitriles is 1. The van der Waals surface area contributed by atoms with Crippen molar-refractivity contribution in [2.75, 3.05) is 44.3 Å². The van der Waals surface area contributed by atoms with Gasteiger partial charge in [0.15, 0.2) is 0 Å². The molecule has 2 saturated heterocycles. The number of benzene rings is 1. The van der Waals surface area contributed by atoms with E-state index in [0.29, 0.717) is 6.04 Å². The van der Waals surface area contributed by atoms with Crippen molar-refractivity contribution in [3.8, 4) is 6.07 Å². The van der Waals surface area contributed by atoms with E-state index >= 15 is 0 Å². The fraction of sp³-hybridized carbons (Fsp3) is 0.500. The van der Waals surface area contributed by atoms with E-state index in [0.717, 1.165) is 80.1 Å². The Bertz CT molecular complexity index is 799. The molecule has 4 rings (SSSR count). The summed E-state index contributed by atoms with van der Waals surface area (Å²) in [5.74, 6) is 0.860. The van der Waals surface area contributed by atoms with Crippen LogP contribution in [0.5, 0.6) is 0 Å². The van der Waals surface area contributed by atoms with Crippen molar-refractivity contribution in [3.63, 3.8) is 0 Å². The van der Waals surface area contributed by atoms with Gasteiger partial charge in [0, 0.05) is 37.6 Å².